The molecule has 0 bridgehead atoms. The number of rotatable bonds is 4. The maximum Gasteiger partial charge on any atom is 0.228 e. The molecule has 1 amide bonds. The second-order valence-corrected chi connectivity index (χ2v) is 7.55. The van der Waals surface area contributed by atoms with Gasteiger partial charge in [0.05, 0.1) is 17.7 Å². The van der Waals surface area contributed by atoms with Crippen molar-refractivity contribution in [3.63, 3.8) is 0 Å². The summed E-state index contributed by atoms with van der Waals surface area (Å²) in [5, 5.41) is 2.83. The summed E-state index contributed by atoms with van der Waals surface area (Å²) in [6.45, 7) is 4.24. The lowest BCUT2D eigenvalue weighted by Crippen LogP contribution is -2.24. The second kappa shape index (κ2) is 7.47. The molecule has 0 unspecified atom stereocenters. The fourth-order valence-electron chi connectivity index (χ4n) is 3.65. The van der Waals surface area contributed by atoms with Crippen LogP contribution in [0.3, 0.4) is 0 Å². The van der Waals surface area contributed by atoms with Gasteiger partial charge in [-0.05, 0) is 23.1 Å². The van der Waals surface area contributed by atoms with Crippen molar-refractivity contribution in [3.8, 4) is 0 Å². The molecule has 0 saturated carbocycles. The first-order valence-electron chi connectivity index (χ1n) is 9.66. The Bertz CT molecular complexity index is 1130. The first-order valence-corrected chi connectivity index (χ1v) is 9.66. The number of fused-ring (bicyclic) bond motifs is 2. The number of benzene rings is 3. The number of nitrogens with one attached hydrogen (secondary N) is 1. The molecule has 4 heteroatoms. The minimum atomic E-state index is -0.243. The Kier molecular flexibility index (Phi) is 4.85. The molecule has 0 aliphatic heterocycles. The van der Waals surface area contributed by atoms with Crippen LogP contribution in [-0.2, 0) is 11.2 Å². The lowest BCUT2D eigenvalue weighted by Gasteiger charge is -2.20. The van der Waals surface area contributed by atoms with Crippen molar-refractivity contribution in [1.82, 2.24) is 0 Å². The monoisotopic (exact) mass is 383 g/mol. The molecule has 0 spiro atoms. The maximum absolute atomic E-state index is 13.0. The van der Waals surface area contributed by atoms with E-state index in [0.717, 1.165) is 5.56 Å². The van der Waals surface area contributed by atoms with Crippen LogP contribution in [0.25, 0.3) is 0 Å². The van der Waals surface area contributed by atoms with Gasteiger partial charge in [0.1, 0.15) is 0 Å². The average molecular weight is 383 g/mol. The van der Waals surface area contributed by atoms with Gasteiger partial charge in [0.25, 0.3) is 0 Å². The largest absolute Gasteiger partial charge is 0.325 e. The van der Waals surface area contributed by atoms with Gasteiger partial charge in [0.15, 0.2) is 11.6 Å². The van der Waals surface area contributed by atoms with Gasteiger partial charge in [-0.25, -0.2) is 0 Å². The van der Waals surface area contributed by atoms with Gasteiger partial charge in [-0.2, -0.15) is 0 Å². The minimum absolute atomic E-state index is 0.195. The van der Waals surface area contributed by atoms with E-state index in [1.165, 1.54) is 5.56 Å². The van der Waals surface area contributed by atoms with Crippen molar-refractivity contribution in [2.75, 3.05) is 5.32 Å². The topological polar surface area (TPSA) is 63.2 Å². The zero-order chi connectivity index (χ0) is 20.5. The third kappa shape index (κ3) is 3.49. The van der Waals surface area contributed by atoms with E-state index in [1.54, 1.807) is 42.5 Å². The molecule has 0 fully saturated rings. The highest BCUT2D eigenvalue weighted by Crippen LogP contribution is 2.32. The predicted molar refractivity (Wildman–Crippen MR) is 113 cm³/mol. The smallest absolute Gasteiger partial charge is 0.228 e. The minimum Gasteiger partial charge on any atom is -0.325 e. The first-order chi connectivity index (χ1) is 14.0. The van der Waals surface area contributed by atoms with Crippen LogP contribution in [-0.4, -0.2) is 17.5 Å². The van der Waals surface area contributed by atoms with Gasteiger partial charge in [-0.3, -0.25) is 14.4 Å². The Morgan fingerprint density at radius 2 is 1.41 bits per heavy atom. The third-order valence-electron chi connectivity index (χ3n) is 5.24. The predicted octanol–water partition coefficient (Wildman–Crippen LogP) is 4.77. The van der Waals surface area contributed by atoms with Gasteiger partial charge >= 0.3 is 0 Å². The molecule has 4 rings (SSSR count). The molecule has 0 saturated heterocycles. The van der Waals surface area contributed by atoms with Crippen LogP contribution in [0.1, 0.15) is 62.7 Å². The number of hydrogen-bond acceptors (Lipinski definition) is 3. The van der Waals surface area contributed by atoms with Crippen LogP contribution >= 0.6 is 0 Å². The summed E-state index contributed by atoms with van der Waals surface area (Å²) in [5.74, 6) is -0.238. The molecular weight excluding hydrogens is 362 g/mol. The van der Waals surface area contributed by atoms with E-state index in [0.29, 0.717) is 28.3 Å². The Labute approximate surface area is 169 Å². The number of carbonyl (C=O) groups is 3. The van der Waals surface area contributed by atoms with Crippen LogP contribution in [0.4, 0.5) is 5.69 Å². The molecule has 1 aliphatic rings. The molecule has 1 N–H and O–H groups in total. The summed E-state index contributed by atoms with van der Waals surface area (Å²) in [6, 6.07) is 19.7. The number of amides is 1. The van der Waals surface area contributed by atoms with E-state index in [-0.39, 0.29) is 29.5 Å². The number of anilines is 1. The summed E-state index contributed by atoms with van der Waals surface area (Å²) < 4.78 is 0. The average Bonchev–Trinajstić information content (AvgIpc) is 2.72. The zero-order valence-corrected chi connectivity index (χ0v) is 16.4. The molecule has 0 atom stereocenters. The van der Waals surface area contributed by atoms with Crippen molar-refractivity contribution >= 4 is 23.2 Å². The zero-order valence-electron chi connectivity index (χ0n) is 16.4. The summed E-state index contributed by atoms with van der Waals surface area (Å²) in [5.41, 5.74) is 3.85. The Morgan fingerprint density at radius 3 is 2.07 bits per heavy atom. The highest BCUT2D eigenvalue weighted by Gasteiger charge is 2.31. The summed E-state index contributed by atoms with van der Waals surface area (Å²) >= 11 is 0. The molecule has 4 nitrogen and oxygen atoms in total. The van der Waals surface area contributed by atoms with E-state index in [2.05, 4.69) is 19.2 Å². The highest BCUT2D eigenvalue weighted by molar-refractivity contribution is 6.30. The lowest BCUT2D eigenvalue weighted by molar-refractivity contribution is -0.115. The van der Waals surface area contributed by atoms with Crippen LogP contribution in [0, 0.1) is 0 Å². The fraction of sp³-hybridized carbons (Fsp3) is 0.160. The SMILES string of the molecule is CC(C)c1ccc(CC(=O)Nc2cccc3c2C(=O)c2ccccc2C3=O)cc1. The fourth-order valence-corrected chi connectivity index (χ4v) is 3.65. The number of carbonyl (C=O) groups excluding carboxylic acids is 3. The number of ketones is 2. The molecule has 0 heterocycles. The van der Waals surface area contributed by atoms with Crippen LogP contribution < -0.4 is 5.32 Å². The Hall–Kier alpha value is -3.53. The number of hydrogen-bond donors (Lipinski definition) is 1. The molecule has 3 aromatic carbocycles. The van der Waals surface area contributed by atoms with E-state index in [4.69, 9.17) is 0 Å². The van der Waals surface area contributed by atoms with Gasteiger partial charge in [-0.1, -0.05) is 74.5 Å². The highest BCUT2D eigenvalue weighted by atomic mass is 16.2. The van der Waals surface area contributed by atoms with E-state index < -0.39 is 0 Å². The van der Waals surface area contributed by atoms with Gasteiger partial charge in [0, 0.05) is 16.7 Å². The quantitative estimate of drug-likeness (QED) is 0.552. The van der Waals surface area contributed by atoms with E-state index in [9.17, 15) is 14.4 Å². The third-order valence-corrected chi connectivity index (χ3v) is 5.24. The second-order valence-electron chi connectivity index (χ2n) is 7.55. The summed E-state index contributed by atoms with van der Waals surface area (Å²) in [7, 11) is 0. The van der Waals surface area contributed by atoms with Crippen molar-refractivity contribution in [2.24, 2.45) is 0 Å². The van der Waals surface area contributed by atoms with Gasteiger partial charge in [-0.15, -0.1) is 0 Å². The summed E-state index contributed by atoms with van der Waals surface area (Å²) in [4.78, 5) is 38.4. The Balaban J connectivity index is 1.60. The van der Waals surface area contributed by atoms with E-state index in [1.807, 2.05) is 24.3 Å². The van der Waals surface area contributed by atoms with Gasteiger partial charge in [0.2, 0.25) is 5.91 Å². The van der Waals surface area contributed by atoms with Crippen LogP contribution in [0.15, 0.2) is 66.7 Å². The molecule has 144 valence electrons. The first kappa shape index (κ1) is 18.8. The lowest BCUT2D eigenvalue weighted by atomic mass is 9.83. The van der Waals surface area contributed by atoms with Crippen LogP contribution in [0.5, 0.6) is 0 Å². The van der Waals surface area contributed by atoms with Crippen LogP contribution in [0.2, 0.25) is 0 Å². The summed E-state index contributed by atoms with van der Waals surface area (Å²) in [6.07, 6.45) is 0.195. The van der Waals surface area contributed by atoms with Crippen molar-refractivity contribution in [2.45, 2.75) is 26.2 Å². The Morgan fingerprint density at radius 1 is 0.793 bits per heavy atom. The van der Waals surface area contributed by atoms with E-state index >= 15 is 0 Å². The molecular formula is C25H21NO3. The molecule has 29 heavy (non-hydrogen) atoms. The van der Waals surface area contributed by atoms with Gasteiger partial charge < -0.3 is 5.32 Å². The molecule has 0 aromatic heterocycles. The standard InChI is InChI=1S/C25H21NO3/c1-15(2)17-12-10-16(11-13-17)14-22(27)26-21-9-5-8-20-23(21)25(29)19-7-4-3-6-18(19)24(20)28/h3-13,15H,14H2,1-2H3,(H,26,27). The van der Waals surface area contributed by atoms with Crippen molar-refractivity contribution in [1.29, 1.82) is 0 Å². The molecule has 1 aliphatic carbocycles. The normalized spacial score (nSPS) is 12.5. The molecule has 3 aromatic rings. The van der Waals surface area contributed by atoms with Crippen molar-refractivity contribution < 1.29 is 14.4 Å². The maximum atomic E-state index is 13.0. The van der Waals surface area contributed by atoms with Crippen molar-refractivity contribution in [3.05, 3.63) is 100 Å². The molecule has 0 radical (unpaired) electrons.